The predicted molar refractivity (Wildman–Crippen MR) is 87.9 cm³/mol. The topological polar surface area (TPSA) is 55.6 Å². The summed E-state index contributed by atoms with van der Waals surface area (Å²) in [7, 11) is 0. The number of fused-ring (bicyclic) bond motifs is 1. The molecule has 0 saturated carbocycles. The zero-order chi connectivity index (χ0) is 15.0. The van der Waals surface area contributed by atoms with Gasteiger partial charge in [0.05, 0.1) is 17.4 Å². The second-order valence-electron chi connectivity index (χ2n) is 5.29. The van der Waals surface area contributed by atoms with Crippen LogP contribution >= 0.6 is 15.9 Å². The molecule has 0 aliphatic heterocycles. The molecule has 6 heteroatoms. The summed E-state index contributed by atoms with van der Waals surface area (Å²) >= 11 is 3.56. The molecular weight excluding hydrogens is 330 g/mol. The Labute approximate surface area is 131 Å². The van der Waals surface area contributed by atoms with Crippen molar-refractivity contribution in [2.24, 2.45) is 0 Å². The van der Waals surface area contributed by atoms with Crippen LogP contribution in [0.25, 0.3) is 10.9 Å². The van der Waals surface area contributed by atoms with Crippen molar-refractivity contribution in [3.05, 3.63) is 40.9 Å². The molecule has 0 aliphatic carbocycles. The fourth-order valence-corrected chi connectivity index (χ4v) is 2.86. The van der Waals surface area contributed by atoms with E-state index in [9.17, 15) is 0 Å². The Kier molecular flexibility index (Phi) is 3.63. The van der Waals surface area contributed by atoms with Crippen molar-refractivity contribution in [3.8, 4) is 0 Å². The van der Waals surface area contributed by atoms with Crippen LogP contribution < -0.4 is 5.32 Å². The molecule has 0 fully saturated rings. The molecule has 1 aromatic carbocycles. The Morgan fingerprint density at radius 2 is 2.05 bits per heavy atom. The number of nitrogens with zero attached hydrogens (tertiary/aromatic N) is 4. The molecule has 0 unspecified atom stereocenters. The molecule has 0 atom stereocenters. The minimum atomic E-state index is 0.332. The molecule has 3 rings (SSSR count). The molecule has 0 radical (unpaired) electrons. The third-order valence-electron chi connectivity index (χ3n) is 3.23. The van der Waals surface area contributed by atoms with E-state index in [1.165, 1.54) is 0 Å². The summed E-state index contributed by atoms with van der Waals surface area (Å²) in [6, 6.07) is 4.46. The van der Waals surface area contributed by atoms with Crippen molar-refractivity contribution >= 4 is 38.3 Å². The maximum atomic E-state index is 4.36. The SMILES string of the molecule is Cc1cc(Br)c2ncnc(Nc3cnn(C(C)C)c3)c2c1. The second kappa shape index (κ2) is 5.44. The van der Waals surface area contributed by atoms with Gasteiger partial charge in [0.1, 0.15) is 12.1 Å². The number of rotatable bonds is 3. The van der Waals surface area contributed by atoms with Crippen LogP contribution in [0.3, 0.4) is 0 Å². The summed E-state index contributed by atoms with van der Waals surface area (Å²) in [5.41, 5.74) is 2.97. The highest BCUT2D eigenvalue weighted by molar-refractivity contribution is 9.10. The molecule has 1 N–H and O–H groups in total. The third-order valence-corrected chi connectivity index (χ3v) is 3.83. The maximum Gasteiger partial charge on any atom is 0.141 e. The minimum absolute atomic E-state index is 0.332. The van der Waals surface area contributed by atoms with Crippen LogP contribution in [0.4, 0.5) is 11.5 Å². The molecule has 2 heterocycles. The van der Waals surface area contributed by atoms with Gasteiger partial charge in [-0.05, 0) is 54.4 Å². The highest BCUT2D eigenvalue weighted by atomic mass is 79.9. The third kappa shape index (κ3) is 2.76. The minimum Gasteiger partial charge on any atom is -0.337 e. The van der Waals surface area contributed by atoms with E-state index in [1.807, 2.05) is 10.9 Å². The highest BCUT2D eigenvalue weighted by Gasteiger charge is 2.09. The van der Waals surface area contributed by atoms with Crippen molar-refractivity contribution in [1.82, 2.24) is 19.7 Å². The van der Waals surface area contributed by atoms with E-state index in [1.54, 1.807) is 12.5 Å². The van der Waals surface area contributed by atoms with Crippen LogP contribution in [0.15, 0.2) is 35.3 Å². The molecule has 5 nitrogen and oxygen atoms in total. The van der Waals surface area contributed by atoms with Gasteiger partial charge in [-0.1, -0.05) is 0 Å². The van der Waals surface area contributed by atoms with Gasteiger partial charge in [-0.3, -0.25) is 4.68 Å². The van der Waals surface area contributed by atoms with Gasteiger partial charge in [0.2, 0.25) is 0 Å². The molecule has 3 aromatic rings. The number of halogens is 1. The summed E-state index contributed by atoms with van der Waals surface area (Å²) in [4.78, 5) is 8.70. The lowest BCUT2D eigenvalue weighted by Gasteiger charge is -2.08. The molecule has 108 valence electrons. The van der Waals surface area contributed by atoms with Gasteiger partial charge in [0.15, 0.2) is 0 Å². The van der Waals surface area contributed by atoms with Crippen molar-refractivity contribution in [3.63, 3.8) is 0 Å². The Bertz CT molecular complexity index is 794. The van der Waals surface area contributed by atoms with Gasteiger partial charge in [-0.2, -0.15) is 5.10 Å². The standard InChI is InChI=1S/C15H16BrN5/c1-9(2)21-7-11(6-19-21)20-15-12-4-10(3)5-13(16)14(12)17-8-18-15/h4-9H,1-3H3,(H,17,18,20). The van der Waals surface area contributed by atoms with Crippen LogP contribution in [0.1, 0.15) is 25.5 Å². The maximum absolute atomic E-state index is 4.36. The van der Waals surface area contributed by atoms with E-state index in [0.29, 0.717) is 6.04 Å². The van der Waals surface area contributed by atoms with E-state index < -0.39 is 0 Å². The first-order valence-electron chi connectivity index (χ1n) is 6.76. The van der Waals surface area contributed by atoms with Crippen LogP contribution in [0.5, 0.6) is 0 Å². The molecule has 0 amide bonds. The first-order chi connectivity index (χ1) is 10.0. The van der Waals surface area contributed by atoms with Gasteiger partial charge in [-0.15, -0.1) is 0 Å². The van der Waals surface area contributed by atoms with Gasteiger partial charge < -0.3 is 5.32 Å². The molecule has 2 aromatic heterocycles. The highest BCUT2D eigenvalue weighted by Crippen LogP contribution is 2.29. The molecule has 0 bridgehead atoms. The molecule has 21 heavy (non-hydrogen) atoms. The normalized spacial score (nSPS) is 11.3. The lowest BCUT2D eigenvalue weighted by molar-refractivity contribution is 0.532. The van der Waals surface area contributed by atoms with E-state index in [0.717, 1.165) is 32.4 Å². The Balaban J connectivity index is 2.03. The second-order valence-corrected chi connectivity index (χ2v) is 6.15. The van der Waals surface area contributed by atoms with Crippen molar-refractivity contribution in [2.45, 2.75) is 26.8 Å². The summed E-state index contributed by atoms with van der Waals surface area (Å²) in [6.07, 6.45) is 5.35. The number of aromatic nitrogens is 4. The number of anilines is 2. The van der Waals surface area contributed by atoms with Gasteiger partial charge in [0.25, 0.3) is 0 Å². The summed E-state index contributed by atoms with van der Waals surface area (Å²) in [5.74, 6) is 0.785. The van der Waals surface area contributed by atoms with Crippen LogP contribution in [-0.4, -0.2) is 19.7 Å². The van der Waals surface area contributed by atoms with E-state index in [2.05, 4.69) is 69.2 Å². The zero-order valence-corrected chi connectivity index (χ0v) is 13.7. The lowest BCUT2D eigenvalue weighted by atomic mass is 10.1. The van der Waals surface area contributed by atoms with Crippen LogP contribution in [-0.2, 0) is 0 Å². The molecule has 0 saturated heterocycles. The van der Waals surface area contributed by atoms with E-state index >= 15 is 0 Å². The first kappa shape index (κ1) is 14.0. The van der Waals surface area contributed by atoms with Gasteiger partial charge in [-0.25, -0.2) is 9.97 Å². The molecule has 0 aliphatic rings. The number of aryl methyl sites for hydroxylation is 1. The van der Waals surface area contributed by atoms with Crippen LogP contribution in [0, 0.1) is 6.92 Å². The Morgan fingerprint density at radius 3 is 2.76 bits per heavy atom. The number of benzene rings is 1. The number of nitrogens with one attached hydrogen (secondary N) is 1. The number of hydrogen-bond acceptors (Lipinski definition) is 4. The summed E-state index contributed by atoms with van der Waals surface area (Å²) < 4.78 is 2.88. The Hall–Kier alpha value is -1.95. The monoisotopic (exact) mass is 345 g/mol. The van der Waals surface area contributed by atoms with Crippen molar-refractivity contribution in [2.75, 3.05) is 5.32 Å². The largest absolute Gasteiger partial charge is 0.337 e. The van der Waals surface area contributed by atoms with Crippen LogP contribution in [0.2, 0.25) is 0 Å². The van der Waals surface area contributed by atoms with Crippen molar-refractivity contribution in [1.29, 1.82) is 0 Å². The first-order valence-corrected chi connectivity index (χ1v) is 7.56. The molecular formula is C15H16BrN5. The van der Waals surface area contributed by atoms with E-state index in [4.69, 9.17) is 0 Å². The fourth-order valence-electron chi connectivity index (χ4n) is 2.18. The average molecular weight is 346 g/mol. The average Bonchev–Trinajstić information content (AvgIpc) is 2.88. The van der Waals surface area contributed by atoms with E-state index in [-0.39, 0.29) is 0 Å². The number of hydrogen-bond donors (Lipinski definition) is 1. The quantitative estimate of drug-likeness (QED) is 0.771. The zero-order valence-electron chi connectivity index (χ0n) is 12.1. The summed E-state index contributed by atoms with van der Waals surface area (Å²) in [5, 5.41) is 8.64. The van der Waals surface area contributed by atoms with Crippen molar-refractivity contribution < 1.29 is 0 Å². The smallest absolute Gasteiger partial charge is 0.141 e. The summed E-state index contributed by atoms with van der Waals surface area (Å²) in [6.45, 7) is 6.24. The molecule has 0 spiro atoms. The van der Waals surface area contributed by atoms with Gasteiger partial charge >= 0.3 is 0 Å². The Morgan fingerprint density at radius 1 is 1.24 bits per heavy atom. The van der Waals surface area contributed by atoms with Gasteiger partial charge in [0, 0.05) is 22.1 Å². The fraction of sp³-hybridized carbons (Fsp3) is 0.267. The lowest BCUT2D eigenvalue weighted by Crippen LogP contribution is -2.00. The predicted octanol–water partition coefficient (Wildman–Crippen LogP) is 4.22.